The van der Waals surface area contributed by atoms with Crippen LogP contribution < -0.4 is 5.73 Å². The molecule has 2 aromatic rings. The van der Waals surface area contributed by atoms with E-state index in [4.69, 9.17) is 17.3 Å². The van der Waals surface area contributed by atoms with E-state index in [1.54, 1.807) is 24.3 Å². The van der Waals surface area contributed by atoms with Crippen LogP contribution in [0.2, 0.25) is 5.02 Å². The van der Waals surface area contributed by atoms with Crippen LogP contribution in [0, 0.1) is 13.8 Å². The molecule has 0 aromatic heterocycles. The fraction of sp³-hybridized carbons (Fsp3) is 0.133. The van der Waals surface area contributed by atoms with Gasteiger partial charge in [0.15, 0.2) is 5.78 Å². The Morgan fingerprint density at radius 2 is 1.67 bits per heavy atom. The van der Waals surface area contributed by atoms with Crippen molar-refractivity contribution in [2.45, 2.75) is 13.8 Å². The van der Waals surface area contributed by atoms with Gasteiger partial charge in [0.25, 0.3) is 0 Å². The fourth-order valence-electron chi connectivity index (χ4n) is 1.82. The third-order valence-corrected chi connectivity index (χ3v) is 3.33. The van der Waals surface area contributed by atoms with Gasteiger partial charge >= 0.3 is 0 Å². The summed E-state index contributed by atoms with van der Waals surface area (Å²) >= 11 is 6.03. The highest BCUT2D eigenvalue weighted by atomic mass is 35.5. The maximum absolute atomic E-state index is 12.4. The van der Waals surface area contributed by atoms with Crippen molar-refractivity contribution in [3.05, 3.63) is 63.7 Å². The van der Waals surface area contributed by atoms with Crippen molar-refractivity contribution in [3.8, 4) is 0 Å². The normalized spacial score (nSPS) is 10.4. The number of carbonyl (C=O) groups is 1. The van der Waals surface area contributed by atoms with E-state index in [0.717, 1.165) is 11.1 Å². The largest absolute Gasteiger partial charge is 0.399 e. The lowest BCUT2D eigenvalue weighted by molar-refractivity contribution is 0.103. The minimum atomic E-state index is -0.00716. The Labute approximate surface area is 111 Å². The van der Waals surface area contributed by atoms with E-state index in [-0.39, 0.29) is 5.78 Å². The van der Waals surface area contributed by atoms with Gasteiger partial charge in [-0.2, -0.15) is 0 Å². The van der Waals surface area contributed by atoms with Gasteiger partial charge in [-0.3, -0.25) is 4.79 Å². The second-order valence-corrected chi connectivity index (χ2v) is 4.77. The van der Waals surface area contributed by atoms with Crippen LogP contribution in [0.15, 0.2) is 36.4 Å². The summed E-state index contributed by atoms with van der Waals surface area (Å²) in [4.78, 5) is 12.4. The highest BCUT2D eigenvalue weighted by Gasteiger charge is 2.13. The second kappa shape index (κ2) is 4.83. The van der Waals surface area contributed by atoms with Crippen molar-refractivity contribution >= 4 is 23.1 Å². The van der Waals surface area contributed by atoms with Crippen LogP contribution in [-0.2, 0) is 0 Å². The lowest BCUT2D eigenvalue weighted by Gasteiger charge is -2.08. The van der Waals surface area contributed by atoms with Crippen LogP contribution in [0.5, 0.6) is 0 Å². The summed E-state index contributed by atoms with van der Waals surface area (Å²) in [5.41, 5.74) is 9.36. The Morgan fingerprint density at radius 3 is 2.28 bits per heavy atom. The molecule has 0 radical (unpaired) electrons. The predicted octanol–water partition coefficient (Wildman–Crippen LogP) is 3.77. The quantitative estimate of drug-likeness (QED) is 0.659. The molecule has 0 fully saturated rings. The van der Waals surface area contributed by atoms with Crippen LogP contribution in [0.25, 0.3) is 0 Å². The zero-order chi connectivity index (χ0) is 13.3. The van der Waals surface area contributed by atoms with E-state index < -0.39 is 0 Å². The van der Waals surface area contributed by atoms with Gasteiger partial charge in [-0.25, -0.2) is 0 Å². The minimum absolute atomic E-state index is 0.00716. The molecule has 0 saturated carbocycles. The average Bonchev–Trinajstić information content (AvgIpc) is 2.34. The van der Waals surface area contributed by atoms with Gasteiger partial charge < -0.3 is 5.73 Å². The van der Waals surface area contributed by atoms with E-state index in [1.807, 2.05) is 26.0 Å². The number of rotatable bonds is 2. The van der Waals surface area contributed by atoms with Crippen molar-refractivity contribution in [2.75, 3.05) is 5.73 Å². The van der Waals surface area contributed by atoms with Gasteiger partial charge in [0.05, 0.1) is 0 Å². The molecule has 0 saturated heterocycles. The van der Waals surface area contributed by atoms with Crippen molar-refractivity contribution in [1.82, 2.24) is 0 Å². The number of hydrogen-bond donors (Lipinski definition) is 1. The molecule has 3 heteroatoms. The molecule has 92 valence electrons. The van der Waals surface area contributed by atoms with Gasteiger partial charge in [-0.15, -0.1) is 0 Å². The van der Waals surface area contributed by atoms with E-state index in [0.29, 0.717) is 21.8 Å². The number of ketones is 1. The number of carbonyl (C=O) groups excluding carboxylic acids is 1. The summed E-state index contributed by atoms with van der Waals surface area (Å²) < 4.78 is 0. The first kappa shape index (κ1) is 12.7. The van der Waals surface area contributed by atoms with Crippen LogP contribution in [0.1, 0.15) is 27.0 Å². The first-order valence-corrected chi connectivity index (χ1v) is 6.04. The third-order valence-electron chi connectivity index (χ3n) is 2.92. The molecule has 2 aromatic carbocycles. The van der Waals surface area contributed by atoms with E-state index in [2.05, 4.69) is 0 Å². The molecule has 0 bridgehead atoms. The van der Waals surface area contributed by atoms with Crippen LogP contribution >= 0.6 is 11.6 Å². The summed E-state index contributed by atoms with van der Waals surface area (Å²) in [5.74, 6) is -0.00716. The van der Waals surface area contributed by atoms with Gasteiger partial charge in [0.2, 0.25) is 0 Å². The number of nitrogen functional groups attached to an aromatic ring is 1. The molecule has 0 amide bonds. The molecule has 0 aliphatic rings. The standard InChI is InChI=1S/C15H14ClNO/c1-9-8-14(16)10(2)7-13(9)15(18)11-3-5-12(17)6-4-11/h3-8H,17H2,1-2H3. The topological polar surface area (TPSA) is 43.1 Å². The van der Waals surface area contributed by atoms with Crippen molar-refractivity contribution < 1.29 is 4.79 Å². The van der Waals surface area contributed by atoms with Gasteiger partial charge in [0, 0.05) is 21.8 Å². The Hall–Kier alpha value is -1.80. The van der Waals surface area contributed by atoms with Crippen molar-refractivity contribution in [2.24, 2.45) is 0 Å². The number of benzene rings is 2. The van der Waals surface area contributed by atoms with Gasteiger partial charge in [0.1, 0.15) is 0 Å². The Morgan fingerprint density at radius 1 is 1.06 bits per heavy atom. The minimum Gasteiger partial charge on any atom is -0.399 e. The first-order chi connectivity index (χ1) is 8.49. The zero-order valence-electron chi connectivity index (χ0n) is 10.3. The maximum Gasteiger partial charge on any atom is 0.193 e. The van der Waals surface area contributed by atoms with E-state index in [9.17, 15) is 4.79 Å². The van der Waals surface area contributed by atoms with E-state index >= 15 is 0 Å². The van der Waals surface area contributed by atoms with Gasteiger partial charge in [-0.05, 0) is 61.4 Å². The molecule has 0 unspecified atom stereocenters. The highest BCUT2D eigenvalue weighted by Crippen LogP contribution is 2.22. The molecule has 0 aliphatic heterocycles. The van der Waals surface area contributed by atoms with E-state index in [1.165, 1.54) is 0 Å². The summed E-state index contributed by atoms with van der Waals surface area (Å²) in [7, 11) is 0. The number of aryl methyl sites for hydroxylation is 2. The Balaban J connectivity index is 2.46. The molecule has 0 atom stereocenters. The number of nitrogens with two attached hydrogens (primary N) is 1. The summed E-state index contributed by atoms with van der Waals surface area (Å²) in [6.45, 7) is 3.78. The third kappa shape index (κ3) is 2.39. The predicted molar refractivity (Wildman–Crippen MR) is 75.2 cm³/mol. The van der Waals surface area contributed by atoms with Crippen molar-refractivity contribution in [3.63, 3.8) is 0 Å². The average molecular weight is 260 g/mol. The molecule has 0 spiro atoms. The Kier molecular flexibility index (Phi) is 3.39. The molecule has 2 rings (SSSR count). The number of hydrogen-bond acceptors (Lipinski definition) is 2. The van der Waals surface area contributed by atoms with Crippen LogP contribution in [0.4, 0.5) is 5.69 Å². The smallest absolute Gasteiger partial charge is 0.193 e. The highest BCUT2D eigenvalue weighted by molar-refractivity contribution is 6.31. The lowest BCUT2D eigenvalue weighted by Crippen LogP contribution is -2.04. The molecule has 2 nitrogen and oxygen atoms in total. The Bertz CT molecular complexity index is 603. The number of anilines is 1. The van der Waals surface area contributed by atoms with Gasteiger partial charge in [-0.1, -0.05) is 11.6 Å². The molecule has 0 aliphatic carbocycles. The maximum atomic E-state index is 12.4. The molecule has 2 N–H and O–H groups in total. The summed E-state index contributed by atoms with van der Waals surface area (Å²) in [5, 5.41) is 0.682. The fourth-order valence-corrected chi connectivity index (χ4v) is 2.03. The summed E-state index contributed by atoms with van der Waals surface area (Å²) in [6.07, 6.45) is 0. The van der Waals surface area contributed by atoms with Crippen LogP contribution in [-0.4, -0.2) is 5.78 Å². The second-order valence-electron chi connectivity index (χ2n) is 4.37. The monoisotopic (exact) mass is 259 g/mol. The first-order valence-electron chi connectivity index (χ1n) is 5.66. The lowest BCUT2D eigenvalue weighted by atomic mass is 9.97. The molecule has 0 heterocycles. The number of halogens is 1. The van der Waals surface area contributed by atoms with Crippen LogP contribution in [0.3, 0.4) is 0 Å². The molecule has 18 heavy (non-hydrogen) atoms. The van der Waals surface area contributed by atoms with Crippen molar-refractivity contribution in [1.29, 1.82) is 0 Å². The SMILES string of the molecule is Cc1cc(C(=O)c2ccc(N)cc2)c(C)cc1Cl. The zero-order valence-corrected chi connectivity index (χ0v) is 11.1. The summed E-state index contributed by atoms with van der Waals surface area (Å²) in [6, 6.07) is 10.6. The molecular formula is C15H14ClNO. The molecular weight excluding hydrogens is 246 g/mol.